The molecule has 42 heavy (non-hydrogen) atoms. The number of esters is 1. The molecule has 1 aliphatic heterocycles. The van der Waals surface area contributed by atoms with Crippen LogP contribution in [0.4, 0.5) is 11.4 Å². The number of benzene rings is 2. The molecule has 0 aliphatic carbocycles. The first-order chi connectivity index (χ1) is 20.3. The maximum atomic E-state index is 12.3. The van der Waals surface area contributed by atoms with E-state index in [0.29, 0.717) is 28.5 Å². The molecule has 2 N–H and O–H groups in total. The number of aromatic nitrogens is 2. The number of anilines is 2. The maximum Gasteiger partial charge on any atom is 0.337 e. The highest BCUT2D eigenvalue weighted by Crippen LogP contribution is 2.45. The molecule has 2 aromatic heterocycles. The van der Waals surface area contributed by atoms with Crippen LogP contribution in [-0.2, 0) is 9.53 Å². The minimum atomic E-state index is -0.390. The summed E-state index contributed by atoms with van der Waals surface area (Å²) in [5.74, 6) is 0.0391. The van der Waals surface area contributed by atoms with Crippen LogP contribution in [0.1, 0.15) is 58.4 Å². The Morgan fingerprint density at radius 1 is 1.02 bits per heavy atom. The molecule has 216 valence electrons. The smallest absolute Gasteiger partial charge is 0.337 e. The van der Waals surface area contributed by atoms with E-state index in [0.717, 1.165) is 34.0 Å². The Morgan fingerprint density at radius 2 is 1.83 bits per heavy atom. The molecule has 3 heterocycles. The third-order valence-electron chi connectivity index (χ3n) is 7.47. The largest absolute Gasteiger partial charge is 0.494 e. The highest BCUT2D eigenvalue weighted by molar-refractivity contribution is 7.80. The number of amides is 1. The van der Waals surface area contributed by atoms with Crippen molar-refractivity contribution >= 4 is 40.6 Å². The van der Waals surface area contributed by atoms with Gasteiger partial charge in [0.15, 0.2) is 5.11 Å². The SMILES string of the molecule is CCC(=O)Nc1ccc(N2C(=S)N[C@@H](c3ccccn3)[C@@H]2c2cc(C)n(-c3cccc(C(=O)OC)c3)c2C)cc1OC. The Labute approximate surface area is 250 Å². The lowest BCUT2D eigenvalue weighted by atomic mass is 9.96. The predicted molar refractivity (Wildman–Crippen MR) is 166 cm³/mol. The Hall–Kier alpha value is -4.70. The van der Waals surface area contributed by atoms with Gasteiger partial charge in [0, 0.05) is 41.4 Å². The van der Waals surface area contributed by atoms with Gasteiger partial charge in [-0.3, -0.25) is 9.78 Å². The van der Waals surface area contributed by atoms with Gasteiger partial charge in [-0.1, -0.05) is 19.1 Å². The summed E-state index contributed by atoms with van der Waals surface area (Å²) in [6.07, 6.45) is 2.13. The van der Waals surface area contributed by atoms with Crippen molar-refractivity contribution in [2.75, 3.05) is 24.4 Å². The standard InChI is InChI=1S/C32H33N5O4S/c1-6-28(38)34-25-14-13-23(18-27(25)40-4)37-30(29(35-32(37)42)26-12-7-8-15-33-26)24-16-19(2)36(20(24)3)22-11-9-10-21(17-22)31(39)41-5/h7-18,29-30H,6H2,1-5H3,(H,34,38)(H,35,42)/t29-,30-/m0/s1. The molecule has 9 nitrogen and oxygen atoms in total. The zero-order valence-corrected chi connectivity index (χ0v) is 25.0. The fourth-order valence-corrected chi connectivity index (χ4v) is 5.84. The molecule has 2 atom stereocenters. The van der Waals surface area contributed by atoms with Crippen molar-refractivity contribution in [2.24, 2.45) is 0 Å². The number of methoxy groups -OCH3 is 2. The topological polar surface area (TPSA) is 97.7 Å². The molecule has 0 unspecified atom stereocenters. The van der Waals surface area contributed by atoms with Crippen LogP contribution in [-0.4, -0.2) is 40.8 Å². The molecule has 0 radical (unpaired) electrons. The molecule has 0 spiro atoms. The van der Waals surface area contributed by atoms with E-state index in [1.165, 1.54) is 7.11 Å². The molecule has 5 rings (SSSR count). The molecule has 4 aromatic rings. The summed E-state index contributed by atoms with van der Waals surface area (Å²) < 4.78 is 12.7. The molecular formula is C32H33N5O4S. The average molecular weight is 584 g/mol. The van der Waals surface area contributed by atoms with Crippen molar-refractivity contribution in [3.05, 3.63) is 101 Å². The van der Waals surface area contributed by atoms with Crippen LogP contribution in [0.25, 0.3) is 5.69 Å². The molecule has 1 saturated heterocycles. The summed E-state index contributed by atoms with van der Waals surface area (Å²) in [5.41, 5.74) is 6.61. The van der Waals surface area contributed by atoms with E-state index in [9.17, 15) is 9.59 Å². The summed E-state index contributed by atoms with van der Waals surface area (Å²) >= 11 is 5.93. The summed E-state index contributed by atoms with van der Waals surface area (Å²) in [6, 6.07) is 20.5. The highest BCUT2D eigenvalue weighted by atomic mass is 32.1. The molecular weight excluding hydrogens is 550 g/mol. The van der Waals surface area contributed by atoms with Crippen LogP contribution in [0.15, 0.2) is 72.9 Å². The van der Waals surface area contributed by atoms with Gasteiger partial charge in [-0.15, -0.1) is 0 Å². The third kappa shape index (κ3) is 5.33. The van der Waals surface area contributed by atoms with Gasteiger partial charge in [-0.05, 0) is 80.2 Å². The lowest BCUT2D eigenvalue weighted by Gasteiger charge is -2.29. The molecule has 0 saturated carbocycles. The minimum Gasteiger partial charge on any atom is -0.494 e. The van der Waals surface area contributed by atoms with Crippen LogP contribution in [0, 0.1) is 13.8 Å². The lowest BCUT2D eigenvalue weighted by molar-refractivity contribution is -0.115. The Balaban J connectivity index is 1.64. The van der Waals surface area contributed by atoms with Crippen molar-refractivity contribution in [3.63, 3.8) is 0 Å². The number of aryl methyl sites for hydroxylation is 1. The van der Waals surface area contributed by atoms with Crippen LogP contribution >= 0.6 is 12.2 Å². The second-order valence-electron chi connectivity index (χ2n) is 9.99. The van der Waals surface area contributed by atoms with Crippen molar-refractivity contribution in [1.29, 1.82) is 0 Å². The summed E-state index contributed by atoms with van der Waals surface area (Å²) in [7, 11) is 2.95. The molecule has 1 aliphatic rings. The number of nitrogens with one attached hydrogen (secondary N) is 2. The maximum absolute atomic E-state index is 12.3. The van der Waals surface area contributed by atoms with Crippen LogP contribution in [0.3, 0.4) is 0 Å². The second kappa shape index (κ2) is 12.0. The number of thiocarbonyl (C=S) groups is 1. The lowest BCUT2D eigenvalue weighted by Crippen LogP contribution is -2.29. The average Bonchev–Trinajstić information content (AvgIpc) is 3.51. The fraction of sp³-hybridized carbons (Fsp3) is 0.250. The van der Waals surface area contributed by atoms with E-state index in [1.54, 1.807) is 26.3 Å². The number of hydrogen-bond donors (Lipinski definition) is 2. The number of nitrogens with zero attached hydrogens (tertiary/aromatic N) is 3. The number of hydrogen-bond acceptors (Lipinski definition) is 6. The number of carbonyl (C=O) groups is 2. The van der Waals surface area contributed by atoms with Gasteiger partial charge in [0.05, 0.1) is 43.2 Å². The minimum absolute atomic E-state index is 0.101. The first-order valence-electron chi connectivity index (χ1n) is 13.6. The normalized spacial score (nSPS) is 16.2. The summed E-state index contributed by atoms with van der Waals surface area (Å²) in [6.45, 7) is 5.90. The van der Waals surface area contributed by atoms with Crippen LogP contribution < -0.4 is 20.3 Å². The van der Waals surface area contributed by atoms with Crippen molar-refractivity contribution < 1.29 is 19.1 Å². The summed E-state index contributed by atoms with van der Waals surface area (Å²) in [5, 5.41) is 6.94. The number of carbonyl (C=O) groups excluding carboxylic acids is 2. The number of ether oxygens (including phenoxy) is 2. The zero-order chi connectivity index (χ0) is 30.0. The Morgan fingerprint density at radius 3 is 2.52 bits per heavy atom. The number of pyridine rings is 1. The van der Waals surface area contributed by atoms with Crippen LogP contribution in [0.2, 0.25) is 0 Å². The second-order valence-corrected chi connectivity index (χ2v) is 10.4. The Kier molecular flexibility index (Phi) is 8.26. The van der Waals surface area contributed by atoms with Crippen molar-refractivity contribution in [3.8, 4) is 11.4 Å². The van der Waals surface area contributed by atoms with Gasteiger partial charge in [0.1, 0.15) is 5.75 Å². The van der Waals surface area contributed by atoms with E-state index in [2.05, 4.69) is 38.1 Å². The highest BCUT2D eigenvalue weighted by Gasteiger charge is 2.42. The van der Waals surface area contributed by atoms with E-state index >= 15 is 0 Å². The van der Waals surface area contributed by atoms with Gasteiger partial charge < -0.3 is 29.6 Å². The molecule has 10 heteroatoms. The van der Waals surface area contributed by atoms with Gasteiger partial charge >= 0.3 is 5.97 Å². The molecule has 0 bridgehead atoms. The van der Waals surface area contributed by atoms with Gasteiger partial charge in [0.25, 0.3) is 0 Å². The van der Waals surface area contributed by atoms with E-state index in [4.69, 9.17) is 21.7 Å². The number of rotatable bonds is 8. The fourth-order valence-electron chi connectivity index (χ4n) is 5.49. The van der Waals surface area contributed by atoms with Crippen LogP contribution in [0.5, 0.6) is 5.75 Å². The first-order valence-corrected chi connectivity index (χ1v) is 14.0. The predicted octanol–water partition coefficient (Wildman–Crippen LogP) is 5.81. The summed E-state index contributed by atoms with van der Waals surface area (Å²) in [4.78, 5) is 31.1. The molecule has 1 fully saturated rings. The van der Waals surface area contributed by atoms with Crippen molar-refractivity contribution in [1.82, 2.24) is 14.9 Å². The monoisotopic (exact) mass is 583 g/mol. The Bertz CT molecular complexity index is 1650. The third-order valence-corrected chi connectivity index (χ3v) is 7.79. The zero-order valence-electron chi connectivity index (χ0n) is 24.2. The molecule has 1 amide bonds. The van der Waals surface area contributed by atoms with Gasteiger partial charge in [0.2, 0.25) is 5.91 Å². The van der Waals surface area contributed by atoms with E-state index < -0.39 is 5.97 Å². The quantitative estimate of drug-likeness (QED) is 0.198. The van der Waals surface area contributed by atoms with Gasteiger partial charge in [-0.25, -0.2) is 4.79 Å². The van der Waals surface area contributed by atoms with Crippen molar-refractivity contribution in [2.45, 2.75) is 39.3 Å². The van der Waals surface area contributed by atoms with E-state index in [1.807, 2.05) is 61.5 Å². The first kappa shape index (κ1) is 28.8. The molecule has 2 aromatic carbocycles. The van der Waals surface area contributed by atoms with Gasteiger partial charge in [-0.2, -0.15) is 0 Å². The van der Waals surface area contributed by atoms with E-state index in [-0.39, 0.29) is 18.0 Å².